The first kappa shape index (κ1) is 15.1. The molecule has 1 heterocycles. The van der Waals surface area contributed by atoms with Crippen molar-refractivity contribution in [1.82, 2.24) is 0 Å². The molecule has 1 aromatic rings. The number of rotatable bonds is 8. The van der Waals surface area contributed by atoms with Crippen LogP contribution >= 0.6 is 11.3 Å². The number of thiophene rings is 1. The maximum atomic E-state index is 12.4. The van der Waals surface area contributed by atoms with E-state index in [0.717, 1.165) is 5.56 Å². The Kier molecular flexibility index (Phi) is 5.74. The number of carbonyl (C=O) groups excluding carboxylic acids is 1. The molecule has 0 saturated heterocycles. The summed E-state index contributed by atoms with van der Waals surface area (Å²) in [4.78, 5) is 11.2. The Morgan fingerprint density at radius 1 is 1.44 bits per heavy atom. The molecule has 102 valence electrons. The van der Waals surface area contributed by atoms with Crippen molar-refractivity contribution in [1.29, 1.82) is 0 Å². The molecular formula is C11H12F4O2S. The van der Waals surface area contributed by atoms with Crippen LogP contribution in [0.5, 0.6) is 0 Å². The second-order valence-electron chi connectivity index (χ2n) is 3.72. The third-order valence-electron chi connectivity index (χ3n) is 2.15. The highest BCUT2D eigenvalue weighted by molar-refractivity contribution is 7.07. The second kappa shape index (κ2) is 6.84. The molecule has 0 fully saturated rings. The van der Waals surface area contributed by atoms with E-state index in [1.165, 1.54) is 11.3 Å². The zero-order valence-electron chi connectivity index (χ0n) is 9.37. The normalized spacial score (nSPS) is 12.1. The van der Waals surface area contributed by atoms with Gasteiger partial charge in [0.05, 0.1) is 0 Å². The van der Waals surface area contributed by atoms with Crippen LogP contribution in [0, 0.1) is 0 Å². The first-order valence-corrected chi connectivity index (χ1v) is 6.12. The summed E-state index contributed by atoms with van der Waals surface area (Å²) in [7, 11) is 0. The Morgan fingerprint density at radius 2 is 2.17 bits per heavy atom. The minimum absolute atomic E-state index is 0.150. The maximum absolute atomic E-state index is 12.4. The smallest absolute Gasteiger partial charge is 0.330 e. The third-order valence-corrected chi connectivity index (χ3v) is 2.88. The van der Waals surface area contributed by atoms with Crippen molar-refractivity contribution in [3.63, 3.8) is 0 Å². The van der Waals surface area contributed by atoms with Crippen molar-refractivity contribution >= 4 is 17.1 Å². The van der Waals surface area contributed by atoms with Gasteiger partial charge in [0.25, 0.3) is 0 Å². The molecule has 18 heavy (non-hydrogen) atoms. The van der Waals surface area contributed by atoms with E-state index in [1.54, 1.807) is 0 Å². The first-order valence-electron chi connectivity index (χ1n) is 5.18. The van der Waals surface area contributed by atoms with Crippen LogP contribution in [-0.2, 0) is 16.0 Å². The fourth-order valence-corrected chi connectivity index (χ4v) is 1.86. The highest BCUT2D eigenvalue weighted by Crippen LogP contribution is 2.22. The molecule has 0 radical (unpaired) electrons. The van der Waals surface area contributed by atoms with Crippen LogP contribution in [0.3, 0.4) is 0 Å². The predicted octanol–water partition coefficient (Wildman–Crippen LogP) is 3.17. The molecule has 0 atom stereocenters. The Morgan fingerprint density at radius 3 is 2.72 bits per heavy atom. The molecule has 0 bridgehead atoms. The monoisotopic (exact) mass is 284 g/mol. The van der Waals surface area contributed by atoms with Crippen LogP contribution in [0.4, 0.5) is 17.6 Å². The first-order chi connectivity index (χ1) is 8.42. The summed E-state index contributed by atoms with van der Waals surface area (Å²) in [5.74, 6) is -4.58. The van der Waals surface area contributed by atoms with Crippen LogP contribution < -0.4 is 0 Å². The largest absolute Gasteiger partial charge is 0.367 e. The fourth-order valence-electron chi connectivity index (χ4n) is 1.15. The lowest BCUT2D eigenvalue weighted by Gasteiger charge is -2.14. The van der Waals surface area contributed by atoms with Gasteiger partial charge >= 0.3 is 12.3 Å². The van der Waals surface area contributed by atoms with Gasteiger partial charge in [-0.1, -0.05) is 0 Å². The molecule has 0 unspecified atom stereocenters. The number of hydrogen-bond acceptors (Lipinski definition) is 3. The zero-order chi connectivity index (χ0) is 13.6. The number of alkyl halides is 4. The molecule has 0 amide bonds. The number of Topliss-reactive ketones (excluding diaryl/α,β-unsaturated/α-hetero) is 1. The summed E-state index contributed by atoms with van der Waals surface area (Å²) < 4.78 is 52.7. The summed E-state index contributed by atoms with van der Waals surface area (Å²) in [5.41, 5.74) is 0.978. The van der Waals surface area contributed by atoms with Crippen molar-refractivity contribution in [2.75, 3.05) is 13.2 Å². The van der Waals surface area contributed by atoms with Gasteiger partial charge in [-0.2, -0.15) is 20.1 Å². The number of carbonyl (C=O) groups is 1. The standard InChI is InChI=1S/C11H12F4O2S/c12-10(13)11(14,15)7-17-5-9(16)2-1-8-3-4-18-6-8/h3-4,6,10H,1-2,5,7H2. The number of ketones is 1. The van der Waals surface area contributed by atoms with E-state index in [9.17, 15) is 22.4 Å². The lowest BCUT2D eigenvalue weighted by molar-refractivity contribution is -0.168. The SMILES string of the molecule is O=C(CCc1ccsc1)COCC(F)(F)C(F)F. The van der Waals surface area contributed by atoms with Gasteiger partial charge in [-0.05, 0) is 28.8 Å². The average Bonchev–Trinajstić information content (AvgIpc) is 2.78. The van der Waals surface area contributed by atoms with E-state index in [1.807, 2.05) is 16.8 Å². The Hall–Kier alpha value is -0.950. The molecule has 0 aliphatic rings. The molecule has 2 nitrogen and oxygen atoms in total. The number of hydrogen-bond donors (Lipinski definition) is 0. The van der Waals surface area contributed by atoms with E-state index in [4.69, 9.17) is 0 Å². The average molecular weight is 284 g/mol. The van der Waals surface area contributed by atoms with Gasteiger partial charge in [0.2, 0.25) is 0 Å². The number of halogens is 4. The lowest BCUT2D eigenvalue weighted by Crippen LogP contribution is -2.33. The maximum Gasteiger partial charge on any atom is 0.330 e. The van der Waals surface area contributed by atoms with E-state index >= 15 is 0 Å². The summed E-state index contributed by atoms with van der Waals surface area (Å²) in [6, 6.07) is 1.85. The van der Waals surface area contributed by atoms with Gasteiger partial charge in [0, 0.05) is 6.42 Å². The van der Waals surface area contributed by atoms with Crippen molar-refractivity contribution in [2.45, 2.75) is 25.2 Å². The van der Waals surface area contributed by atoms with Gasteiger partial charge in [-0.25, -0.2) is 8.78 Å². The van der Waals surface area contributed by atoms with E-state index in [-0.39, 0.29) is 12.2 Å². The number of ether oxygens (including phenoxy) is 1. The van der Waals surface area contributed by atoms with Crippen LogP contribution in [0.25, 0.3) is 0 Å². The molecule has 1 aromatic heterocycles. The van der Waals surface area contributed by atoms with E-state index in [0.29, 0.717) is 6.42 Å². The summed E-state index contributed by atoms with van der Waals surface area (Å²) in [5, 5.41) is 3.73. The summed E-state index contributed by atoms with van der Waals surface area (Å²) >= 11 is 1.49. The molecule has 0 aromatic carbocycles. The Labute approximate surface area is 106 Å². The quantitative estimate of drug-likeness (QED) is 0.685. The van der Waals surface area contributed by atoms with Crippen molar-refractivity contribution < 1.29 is 27.1 Å². The van der Waals surface area contributed by atoms with Crippen LogP contribution in [0.2, 0.25) is 0 Å². The molecule has 0 aliphatic heterocycles. The fraction of sp³-hybridized carbons (Fsp3) is 0.545. The predicted molar refractivity (Wildman–Crippen MR) is 59.4 cm³/mol. The van der Waals surface area contributed by atoms with Crippen molar-refractivity contribution in [2.24, 2.45) is 0 Å². The van der Waals surface area contributed by atoms with Crippen molar-refractivity contribution in [3.8, 4) is 0 Å². The minimum atomic E-state index is -4.20. The molecule has 0 saturated carbocycles. The van der Waals surface area contributed by atoms with Gasteiger partial charge in [0.1, 0.15) is 13.2 Å². The van der Waals surface area contributed by atoms with Gasteiger partial charge in [-0.3, -0.25) is 4.79 Å². The summed E-state index contributed by atoms with van der Waals surface area (Å²) in [6.07, 6.45) is -3.13. The van der Waals surface area contributed by atoms with Crippen molar-refractivity contribution in [3.05, 3.63) is 22.4 Å². The number of aryl methyl sites for hydroxylation is 1. The Balaban J connectivity index is 2.18. The summed E-state index contributed by atoms with van der Waals surface area (Å²) in [6.45, 7) is -2.00. The second-order valence-corrected chi connectivity index (χ2v) is 4.50. The van der Waals surface area contributed by atoms with Gasteiger partial charge in [-0.15, -0.1) is 0 Å². The molecular weight excluding hydrogens is 272 g/mol. The molecule has 1 rings (SSSR count). The molecule has 0 aliphatic carbocycles. The van der Waals surface area contributed by atoms with Crippen LogP contribution in [-0.4, -0.2) is 31.3 Å². The Bertz CT molecular complexity index is 365. The lowest BCUT2D eigenvalue weighted by atomic mass is 10.1. The van der Waals surface area contributed by atoms with Crippen LogP contribution in [0.15, 0.2) is 16.8 Å². The molecule has 7 heteroatoms. The van der Waals surface area contributed by atoms with Gasteiger partial charge in [0.15, 0.2) is 5.78 Å². The minimum Gasteiger partial charge on any atom is -0.367 e. The topological polar surface area (TPSA) is 26.3 Å². The van der Waals surface area contributed by atoms with Gasteiger partial charge < -0.3 is 4.74 Å². The molecule has 0 spiro atoms. The van der Waals surface area contributed by atoms with E-state index in [2.05, 4.69) is 4.74 Å². The zero-order valence-corrected chi connectivity index (χ0v) is 10.2. The molecule has 0 N–H and O–H groups in total. The highest BCUT2D eigenvalue weighted by Gasteiger charge is 2.41. The van der Waals surface area contributed by atoms with Crippen LogP contribution in [0.1, 0.15) is 12.0 Å². The van der Waals surface area contributed by atoms with E-state index < -0.39 is 25.6 Å². The third kappa shape index (κ3) is 5.14. The highest BCUT2D eigenvalue weighted by atomic mass is 32.1.